The van der Waals surface area contributed by atoms with E-state index in [-0.39, 0.29) is 11.5 Å². The first-order valence-electron chi connectivity index (χ1n) is 6.89. The number of rotatable bonds is 5. The Balaban J connectivity index is 2.11. The van der Waals surface area contributed by atoms with Crippen molar-refractivity contribution >= 4 is 15.9 Å². The number of halogens is 1. The van der Waals surface area contributed by atoms with Crippen LogP contribution in [0.4, 0.5) is 0 Å². The lowest BCUT2D eigenvalue weighted by Crippen LogP contribution is -2.44. The largest absolute Gasteiger partial charge is 0.493 e. The molecule has 3 nitrogen and oxygen atoms in total. The van der Waals surface area contributed by atoms with Gasteiger partial charge in [-0.2, -0.15) is 0 Å². The van der Waals surface area contributed by atoms with Crippen molar-refractivity contribution in [2.75, 3.05) is 13.2 Å². The molecule has 2 atom stereocenters. The lowest BCUT2D eigenvalue weighted by atomic mass is 9.82. The minimum atomic E-state index is -0.829. The van der Waals surface area contributed by atoms with Crippen molar-refractivity contribution in [3.8, 4) is 5.75 Å². The van der Waals surface area contributed by atoms with Gasteiger partial charge in [0.2, 0.25) is 0 Å². The van der Waals surface area contributed by atoms with Crippen LogP contribution < -0.4 is 4.74 Å². The van der Waals surface area contributed by atoms with Crippen LogP contribution in [0.15, 0.2) is 16.6 Å². The highest BCUT2D eigenvalue weighted by Crippen LogP contribution is 2.41. The molecule has 1 heterocycles. The number of aryl methyl sites for hydroxylation is 2. The van der Waals surface area contributed by atoms with Gasteiger partial charge in [0.05, 0.1) is 30.3 Å². The minimum Gasteiger partial charge on any atom is -0.493 e. The van der Waals surface area contributed by atoms with Crippen molar-refractivity contribution in [2.45, 2.75) is 45.8 Å². The highest BCUT2D eigenvalue weighted by atomic mass is 79.9. The number of hydrogen-bond acceptors (Lipinski definition) is 3. The third kappa shape index (κ3) is 3.35. The predicted molar refractivity (Wildman–Crippen MR) is 83.3 cm³/mol. The maximum atomic E-state index is 10.3. The van der Waals surface area contributed by atoms with E-state index in [2.05, 4.69) is 15.9 Å². The summed E-state index contributed by atoms with van der Waals surface area (Å²) >= 11 is 3.55. The molecule has 1 aromatic rings. The second-order valence-corrected chi connectivity index (χ2v) is 7.28. The zero-order chi connectivity index (χ0) is 15.1. The topological polar surface area (TPSA) is 42.0 Å². The molecule has 1 N–H and O–H groups in total. The van der Waals surface area contributed by atoms with Crippen molar-refractivity contribution in [3.63, 3.8) is 0 Å². The third-order valence-electron chi connectivity index (χ3n) is 4.02. The monoisotopic (exact) mass is 342 g/mol. The molecular weight excluding hydrogens is 320 g/mol. The van der Waals surface area contributed by atoms with Gasteiger partial charge in [-0.05, 0) is 57.9 Å². The summed E-state index contributed by atoms with van der Waals surface area (Å²) in [6.45, 7) is 10.9. The van der Waals surface area contributed by atoms with Gasteiger partial charge in [-0.3, -0.25) is 0 Å². The van der Waals surface area contributed by atoms with E-state index in [1.165, 1.54) is 0 Å². The number of benzene rings is 1. The molecule has 0 radical (unpaired) electrons. The molecule has 1 aromatic carbocycles. The fraction of sp³-hybridized carbons (Fsp3) is 0.625. The van der Waals surface area contributed by atoms with Crippen LogP contribution in [0, 0.1) is 19.8 Å². The Morgan fingerprint density at radius 1 is 1.40 bits per heavy atom. The van der Waals surface area contributed by atoms with E-state index in [4.69, 9.17) is 9.47 Å². The van der Waals surface area contributed by atoms with Crippen LogP contribution in [0.3, 0.4) is 0 Å². The Morgan fingerprint density at radius 2 is 1.90 bits per heavy atom. The Labute approximate surface area is 129 Å². The first-order chi connectivity index (χ1) is 9.13. The Bertz CT molecular complexity index is 473. The minimum absolute atomic E-state index is 0.0562. The third-order valence-corrected chi connectivity index (χ3v) is 5.27. The van der Waals surface area contributed by atoms with E-state index in [9.17, 15) is 5.11 Å². The Hall–Kier alpha value is -0.580. The molecule has 0 bridgehead atoms. The molecule has 0 aliphatic carbocycles. The van der Waals surface area contributed by atoms with Crippen molar-refractivity contribution in [1.82, 2.24) is 0 Å². The maximum Gasteiger partial charge on any atom is 0.119 e. The molecule has 1 aliphatic rings. The summed E-state index contributed by atoms with van der Waals surface area (Å²) in [4.78, 5) is 0. The highest BCUT2D eigenvalue weighted by Gasteiger charge is 2.53. The van der Waals surface area contributed by atoms with Crippen molar-refractivity contribution < 1.29 is 14.6 Å². The average Bonchev–Trinajstić information content (AvgIpc) is 3.03. The number of hydrogen-bond donors (Lipinski definition) is 1. The summed E-state index contributed by atoms with van der Waals surface area (Å²) in [6, 6.07) is 4.02. The van der Waals surface area contributed by atoms with Crippen LogP contribution in [0.5, 0.6) is 5.75 Å². The summed E-state index contributed by atoms with van der Waals surface area (Å²) < 4.78 is 12.5. The quantitative estimate of drug-likeness (QED) is 0.831. The van der Waals surface area contributed by atoms with Crippen molar-refractivity contribution in [3.05, 3.63) is 27.7 Å². The number of epoxide rings is 1. The summed E-state index contributed by atoms with van der Waals surface area (Å²) in [5, 5.41) is 10.3. The maximum absolute atomic E-state index is 10.3. The van der Waals surface area contributed by atoms with E-state index in [0.717, 1.165) is 21.3 Å². The average molecular weight is 343 g/mol. The van der Waals surface area contributed by atoms with Gasteiger partial charge in [0.25, 0.3) is 0 Å². The molecule has 20 heavy (non-hydrogen) atoms. The molecule has 1 aliphatic heterocycles. The van der Waals surface area contributed by atoms with Gasteiger partial charge >= 0.3 is 0 Å². The zero-order valence-electron chi connectivity index (χ0n) is 12.8. The van der Waals surface area contributed by atoms with Crippen LogP contribution in [0.25, 0.3) is 0 Å². The Kier molecular flexibility index (Phi) is 4.20. The van der Waals surface area contributed by atoms with Crippen molar-refractivity contribution in [1.29, 1.82) is 0 Å². The molecule has 112 valence electrons. The van der Waals surface area contributed by atoms with Crippen LogP contribution >= 0.6 is 15.9 Å². The van der Waals surface area contributed by atoms with Gasteiger partial charge in [0, 0.05) is 4.47 Å². The van der Waals surface area contributed by atoms with Gasteiger partial charge in [0.1, 0.15) is 5.75 Å². The highest BCUT2D eigenvalue weighted by molar-refractivity contribution is 9.10. The van der Waals surface area contributed by atoms with E-state index < -0.39 is 5.60 Å². The molecule has 4 heteroatoms. The molecule has 0 amide bonds. The summed E-state index contributed by atoms with van der Waals surface area (Å²) in [7, 11) is 0. The van der Waals surface area contributed by atoms with E-state index in [1.54, 1.807) is 0 Å². The first-order valence-corrected chi connectivity index (χ1v) is 7.69. The molecule has 1 saturated heterocycles. The van der Waals surface area contributed by atoms with E-state index in [1.807, 2.05) is 46.8 Å². The molecule has 0 aromatic heterocycles. The molecule has 2 unspecified atom stereocenters. The molecule has 0 saturated carbocycles. The molecular formula is C16H23BrO3. The summed E-state index contributed by atoms with van der Waals surface area (Å²) in [6.07, 6.45) is 0. The lowest BCUT2D eigenvalue weighted by molar-refractivity contribution is -0.0370. The number of ether oxygens (including phenoxy) is 2. The lowest BCUT2D eigenvalue weighted by Gasteiger charge is -2.32. The van der Waals surface area contributed by atoms with E-state index in [0.29, 0.717) is 13.2 Å². The van der Waals surface area contributed by atoms with Crippen molar-refractivity contribution in [2.24, 2.45) is 5.92 Å². The normalized spacial score (nSPS) is 23.6. The van der Waals surface area contributed by atoms with Gasteiger partial charge < -0.3 is 14.6 Å². The fourth-order valence-electron chi connectivity index (χ4n) is 2.61. The van der Waals surface area contributed by atoms with Gasteiger partial charge in [-0.1, -0.05) is 15.9 Å². The van der Waals surface area contributed by atoms with Crippen LogP contribution in [-0.4, -0.2) is 29.5 Å². The number of aliphatic hydroxyl groups is 1. The second kappa shape index (κ2) is 5.32. The van der Waals surface area contributed by atoms with Gasteiger partial charge in [-0.25, -0.2) is 0 Å². The summed E-state index contributed by atoms with van der Waals surface area (Å²) in [5.41, 5.74) is 1.20. The van der Waals surface area contributed by atoms with Crippen LogP contribution in [0.2, 0.25) is 0 Å². The molecule has 1 fully saturated rings. The summed E-state index contributed by atoms with van der Waals surface area (Å²) in [5.74, 6) is 0.779. The SMILES string of the molecule is Cc1cc(OCC(C(C)(C)O)C2(C)CO2)cc(C)c1Br. The standard InChI is InChI=1S/C16H23BrO3/c1-10-6-12(7-11(2)14(10)17)19-8-13(15(3,4)18)16(5)9-20-16/h6-7,13,18H,8-9H2,1-5H3. The van der Waals surface area contributed by atoms with E-state index >= 15 is 0 Å². The van der Waals surface area contributed by atoms with Gasteiger partial charge in [-0.15, -0.1) is 0 Å². The second-order valence-electron chi connectivity index (χ2n) is 6.49. The Morgan fingerprint density at radius 3 is 2.30 bits per heavy atom. The van der Waals surface area contributed by atoms with Crippen LogP contribution in [-0.2, 0) is 4.74 Å². The van der Waals surface area contributed by atoms with Crippen LogP contribution in [0.1, 0.15) is 31.9 Å². The first kappa shape index (κ1) is 15.8. The zero-order valence-corrected chi connectivity index (χ0v) is 14.4. The molecule has 2 rings (SSSR count). The molecule has 0 spiro atoms. The predicted octanol–water partition coefficient (Wildman–Crippen LogP) is 3.62. The van der Waals surface area contributed by atoms with Gasteiger partial charge in [0.15, 0.2) is 0 Å². The smallest absolute Gasteiger partial charge is 0.119 e. The fourth-order valence-corrected chi connectivity index (χ4v) is 2.84.